The van der Waals surface area contributed by atoms with Crippen LogP contribution in [0.4, 0.5) is 11.4 Å². The van der Waals surface area contributed by atoms with Gasteiger partial charge in [0.1, 0.15) is 5.69 Å². The van der Waals surface area contributed by atoms with Crippen molar-refractivity contribution in [2.45, 2.75) is 20.4 Å². The average Bonchev–Trinajstić information content (AvgIpc) is 3.31. The van der Waals surface area contributed by atoms with Crippen LogP contribution in [0.25, 0.3) is 0 Å². The molecule has 0 aliphatic carbocycles. The molecule has 0 bridgehead atoms. The monoisotopic (exact) mass is 342 g/mol. The van der Waals surface area contributed by atoms with Crippen molar-refractivity contribution >= 4 is 23.2 Å². The molecule has 9 nitrogen and oxygen atoms in total. The Balaban J connectivity index is 1.86. The van der Waals surface area contributed by atoms with Crippen LogP contribution in [0.2, 0.25) is 0 Å². The first-order valence-corrected chi connectivity index (χ1v) is 7.71. The van der Waals surface area contributed by atoms with Gasteiger partial charge in [-0.1, -0.05) is 0 Å². The van der Waals surface area contributed by atoms with Gasteiger partial charge in [0.05, 0.1) is 35.7 Å². The third kappa shape index (κ3) is 3.16. The van der Waals surface area contributed by atoms with Crippen molar-refractivity contribution in [3.8, 4) is 0 Å². The van der Waals surface area contributed by atoms with E-state index in [0.717, 1.165) is 5.69 Å². The molecule has 130 valence electrons. The lowest BCUT2D eigenvalue weighted by Crippen LogP contribution is -2.21. The minimum atomic E-state index is -0.452. The fourth-order valence-corrected chi connectivity index (χ4v) is 2.35. The molecule has 0 atom stereocenters. The smallest absolute Gasteiger partial charge is 0.291 e. The first-order chi connectivity index (χ1) is 12.0. The van der Waals surface area contributed by atoms with Crippen molar-refractivity contribution in [3.05, 3.63) is 47.9 Å². The van der Waals surface area contributed by atoms with Crippen molar-refractivity contribution in [2.75, 3.05) is 10.6 Å². The van der Waals surface area contributed by atoms with Gasteiger partial charge in [0.15, 0.2) is 5.76 Å². The molecule has 0 saturated heterocycles. The summed E-state index contributed by atoms with van der Waals surface area (Å²) in [6, 6.07) is 3.15. The van der Waals surface area contributed by atoms with Crippen molar-refractivity contribution < 1.29 is 14.0 Å². The predicted octanol–water partition coefficient (Wildman–Crippen LogP) is 2.04. The number of carbonyl (C=O) groups is 2. The van der Waals surface area contributed by atoms with Gasteiger partial charge in [-0.2, -0.15) is 10.2 Å². The Bertz CT molecular complexity index is 907. The van der Waals surface area contributed by atoms with Crippen LogP contribution in [-0.2, 0) is 13.6 Å². The molecular weight excluding hydrogens is 324 g/mol. The highest BCUT2D eigenvalue weighted by Crippen LogP contribution is 2.20. The highest BCUT2D eigenvalue weighted by molar-refractivity contribution is 6.11. The molecule has 2 N–H and O–H groups in total. The molecule has 3 rings (SSSR count). The standard InChI is InChI=1S/C16H18N6O3/c1-4-22-14(16(24)19-11-8-17-21(3)10(11)2)12(9-18-22)20-15(23)13-6-5-7-25-13/h5-9H,4H2,1-3H3,(H,19,24)(H,20,23). The van der Waals surface area contributed by atoms with E-state index in [1.54, 1.807) is 24.0 Å². The first kappa shape index (κ1) is 16.5. The number of hydrogen-bond donors (Lipinski definition) is 2. The summed E-state index contributed by atoms with van der Waals surface area (Å²) in [6.45, 7) is 4.18. The van der Waals surface area contributed by atoms with E-state index < -0.39 is 5.91 Å². The molecule has 0 fully saturated rings. The molecule has 0 radical (unpaired) electrons. The summed E-state index contributed by atoms with van der Waals surface area (Å²) in [5.41, 5.74) is 1.98. The summed E-state index contributed by atoms with van der Waals surface area (Å²) >= 11 is 0. The summed E-state index contributed by atoms with van der Waals surface area (Å²) < 4.78 is 8.24. The largest absolute Gasteiger partial charge is 0.459 e. The van der Waals surface area contributed by atoms with Gasteiger partial charge in [0.2, 0.25) is 0 Å². The van der Waals surface area contributed by atoms with Crippen molar-refractivity contribution in [3.63, 3.8) is 0 Å². The van der Waals surface area contributed by atoms with Crippen LogP contribution in [0, 0.1) is 6.92 Å². The maximum atomic E-state index is 12.7. The molecule has 0 saturated carbocycles. The van der Waals surface area contributed by atoms with Crippen molar-refractivity contribution in [1.82, 2.24) is 19.6 Å². The van der Waals surface area contributed by atoms with Gasteiger partial charge < -0.3 is 15.1 Å². The van der Waals surface area contributed by atoms with Crippen molar-refractivity contribution in [2.24, 2.45) is 7.05 Å². The summed E-state index contributed by atoms with van der Waals surface area (Å²) in [7, 11) is 1.79. The zero-order chi connectivity index (χ0) is 18.0. The summed E-state index contributed by atoms with van der Waals surface area (Å²) in [4.78, 5) is 24.9. The van der Waals surface area contributed by atoms with Crippen LogP contribution < -0.4 is 10.6 Å². The second kappa shape index (κ2) is 6.63. The predicted molar refractivity (Wildman–Crippen MR) is 90.5 cm³/mol. The zero-order valence-corrected chi connectivity index (χ0v) is 14.1. The molecule has 0 aromatic carbocycles. The van der Waals surface area contributed by atoms with Gasteiger partial charge in [0, 0.05) is 13.6 Å². The number of nitrogens with one attached hydrogen (secondary N) is 2. The highest BCUT2D eigenvalue weighted by Gasteiger charge is 2.22. The Morgan fingerprint density at radius 1 is 1.16 bits per heavy atom. The molecule has 9 heteroatoms. The van der Waals surface area contributed by atoms with E-state index in [2.05, 4.69) is 20.8 Å². The molecule has 25 heavy (non-hydrogen) atoms. The third-order valence-electron chi connectivity index (χ3n) is 3.83. The van der Waals surface area contributed by atoms with Gasteiger partial charge >= 0.3 is 0 Å². The van der Waals surface area contributed by atoms with E-state index in [9.17, 15) is 9.59 Å². The Labute approximate surface area is 143 Å². The Kier molecular flexibility index (Phi) is 4.38. The number of nitrogens with zero attached hydrogens (tertiary/aromatic N) is 4. The topological polar surface area (TPSA) is 107 Å². The quantitative estimate of drug-likeness (QED) is 0.738. The van der Waals surface area contributed by atoms with Gasteiger partial charge in [-0.15, -0.1) is 0 Å². The fourth-order valence-electron chi connectivity index (χ4n) is 2.35. The minimum absolute atomic E-state index is 0.152. The minimum Gasteiger partial charge on any atom is -0.459 e. The number of rotatable bonds is 5. The molecule has 2 amide bonds. The number of aromatic nitrogens is 4. The normalized spacial score (nSPS) is 10.7. The molecule has 3 aromatic rings. The SMILES string of the molecule is CCn1ncc(NC(=O)c2ccco2)c1C(=O)Nc1cnn(C)c1C. The van der Waals surface area contributed by atoms with Crippen LogP contribution in [-0.4, -0.2) is 31.4 Å². The highest BCUT2D eigenvalue weighted by atomic mass is 16.3. The molecule has 0 aliphatic heterocycles. The second-order valence-electron chi connectivity index (χ2n) is 5.38. The summed E-state index contributed by atoms with van der Waals surface area (Å²) in [5.74, 6) is -0.684. The number of anilines is 2. The van der Waals surface area contributed by atoms with Gasteiger partial charge in [-0.05, 0) is 26.0 Å². The Morgan fingerprint density at radius 3 is 2.48 bits per heavy atom. The van der Waals surface area contributed by atoms with Gasteiger partial charge in [0.25, 0.3) is 11.8 Å². The van der Waals surface area contributed by atoms with Crippen LogP contribution in [0.1, 0.15) is 33.7 Å². The number of carbonyl (C=O) groups excluding carboxylic acids is 2. The lowest BCUT2D eigenvalue weighted by Gasteiger charge is -2.09. The number of amides is 2. The van der Waals surface area contributed by atoms with Gasteiger partial charge in [-0.3, -0.25) is 19.0 Å². The van der Waals surface area contributed by atoms with Crippen LogP contribution in [0.3, 0.4) is 0 Å². The lowest BCUT2D eigenvalue weighted by atomic mass is 10.3. The number of furan rings is 1. The van der Waals surface area contributed by atoms with Crippen molar-refractivity contribution in [1.29, 1.82) is 0 Å². The van der Waals surface area contributed by atoms with Crippen LogP contribution >= 0.6 is 0 Å². The summed E-state index contributed by atoms with van der Waals surface area (Å²) in [6.07, 6.45) is 4.42. The maximum Gasteiger partial charge on any atom is 0.291 e. The molecule has 3 heterocycles. The fraction of sp³-hybridized carbons (Fsp3) is 0.250. The molecule has 0 unspecified atom stereocenters. The van der Waals surface area contributed by atoms with Gasteiger partial charge in [-0.25, -0.2) is 0 Å². The van der Waals surface area contributed by atoms with E-state index in [-0.39, 0.29) is 17.4 Å². The van der Waals surface area contributed by atoms with Crippen LogP contribution in [0.5, 0.6) is 0 Å². The van der Waals surface area contributed by atoms with E-state index in [0.29, 0.717) is 17.9 Å². The van der Waals surface area contributed by atoms with E-state index >= 15 is 0 Å². The van der Waals surface area contributed by atoms with E-state index in [1.807, 2.05) is 13.8 Å². The average molecular weight is 342 g/mol. The van der Waals surface area contributed by atoms with Crippen LogP contribution in [0.15, 0.2) is 35.2 Å². The third-order valence-corrected chi connectivity index (χ3v) is 3.83. The van der Waals surface area contributed by atoms with E-state index in [1.165, 1.54) is 23.2 Å². The lowest BCUT2D eigenvalue weighted by molar-refractivity contribution is 0.0996. The summed E-state index contributed by atoms with van der Waals surface area (Å²) in [5, 5.41) is 13.7. The Morgan fingerprint density at radius 2 is 1.88 bits per heavy atom. The zero-order valence-electron chi connectivity index (χ0n) is 14.1. The molecular formula is C16H18N6O3. The molecule has 0 aliphatic rings. The molecule has 3 aromatic heterocycles. The maximum absolute atomic E-state index is 12.7. The number of aryl methyl sites for hydroxylation is 2. The number of hydrogen-bond acceptors (Lipinski definition) is 5. The molecule has 0 spiro atoms. The van der Waals surface area contributed by atoms with E-state index in [4.69, 9.17) is 4.42 Å². The second-order valence-corrected chi connectivity index (χ2v) is 5.38. The Hall–Kier alpha value is -3.36. The first-order valence-electron chi connectivity index (χ1n) is 7.71.